The Hall–Kier alpha value is -1.38. The van der Waals surface area contributed by atoms with Crippen LogP contribution in [0.15, 0.2) is 36.4 Å². The van der Waals surface area contributed by atoms with Gasteiger partial charge < -0.3 is 5.32 Å². The third kappa shape index (κ3) is 4.82. The van der Waals surface area contributed by atoms with E-state index < -0.39 is 0 Å². The minimum Gasteiger partial charge on any atom is -0.317 e. The quantitative estimate of drug-likeness (QED) is 0.729. The van der Waals surface area contributed by atoms with E-state index in [2.05, 4.69) is 5.32 Å². The van der Waals surface area contributed by atoms with E-state index in [-0.39, 0.29) is 5.82 Å². The van der Waals surface area contributed by atoms with Gasteiger partial charge in [-0.3, -0.25) is 0 Å². The van der Waals surface area contributed by atoms with Gasteiger partial charge >= 0.3 is 0 Å². The highest BCUT2D eigenvalue weighted by atomic mass is 35.5. The Kier molecular flexibility index (Phi) is 6.41. The number of hydrogen-bond donors (Lipinski definition) is 1. The smallest absolute Gasteiger partial charge is 0.123 e. The fourth-order valence-electron chi connectivity index (χ4n) is 2.57. The van der Waals surface area contributed by atoms with E-state index in [1.54, 1.807) is 12.1 Å². The molecule has 2 aromatic carbocycles. The number of benzene rings is 2. The van der Waals surface area contributed by atoms with E-state index in [1.165, 1.54) is 38.4 Å². The molecule has 3 rings (SSSR count). The third-order valence-corrected chi connectivity index (χ3v) is 4.13. The Morgan fingerprint density at radius 1 is 0.864 bits per heavy atom. The van der Waals surface area contributed by atoms with Crippen molar-refractivity contribution in [3.8, 4) is 11.1 Å². The Morgan fingerprint density at radius 3 is 2.00 bits per heavy atom. The molecular weight excluding hydrogens is 297 g/mol. The molecule has 0 radical (unpaired) electrons. The molecule has 0 aromatic heterocycles. The lowest BCUT2D eigenvalue weighted by molar-refractivity contribution is 0.520. The van der Waals surface area contributed by atoms with Crippen molar-refractivity contribution in [2.75, 3.05) is 13.1 Å². The molecule has 1 N–H and O–H groups in total. The van der Waals surface area contributed by atoms with Gasteiger partial charge in [0.25, 0.3) is 0 Å². The zero-order valence-electron chi connectivity index (χ0n) is 13.3. The van der Waals surface area contributed by atoms with Crippen molar-refractivity contribution in [1.29, 1.82) is 0 Å². The highest BCUT2D eigenvalue weighted by molar-refractivity contribution is 6.30. The predicted octanol–water partition coefficient (Wildman–Crippen LogP) is 5.52. The van der Waals surface area contributed by atoms with Crippen LogP contribution < -0.4 is 5.32 Å². The lowest BCUT2D eigenvalue weighted by atomic mass is 9.97. The van der Waals surface area contributed by atoms with Gasteiger partial charge in [-0.2, -0.15) is 0 Å². The standard InChI is InChI=1S/C14H12ClF.C5H11N/c1-9-3-5-11(15)7-13(9)14-8-12(16)6-4-10(14)2;1-2-4-6-5-3-1/h3-8H,1-2H3;6H,1-5H2. The molecule has 0 aliphatic carbocycles. The Morgan fingerprint density at radius 2 is 1.45 bits per heavy atom. The van der Waals surface area contributed by atoms with Crippen molar-refractivity contribution in [1.82, 2.24) is 5.32 Å². The fraction of sp³-hybridized carbons (Fsp3) is 0.368. The molecule has 0 bridgehead atoms. The Labute approximate surface area is 137 Å². The van der Waals surface area contributed by atoms with Gasteiger partial charge in [0.2, 0.25) is 0 Å². The first-order valence-electron chi connectivity index (χ1n) is 7.81. The van der Waals surface area contributed by atoms with Crippen molar-refractivity contribution >= 4 is 11.6 Å². The number of halogens is 2. The summed E-state index contributed by atoms with van der Waals surface area (Å²) in [5, 5.41) is 3.96. The largest absolute Gasteiger partial charge is 0.317 e. The minimum absolute atomic E-state index is 0.222. The Balaban J connectivity index is 0.000000246. The Bertz CT molecular complexity index is 560. The maximum Gasteiger partial charge on any atom is 0.123 e. The van der Waals surface area contributed by atoms with Crippen molar-refractivity contribution in [2.24, 2.45) is 0 Å². The molecule has 1 fully saturated rings. The van der Waals surface area contributed by atoms with Gasteiger partial charge in [-0.15, -0.1) is 0 Å². The molecule has 0 spiro atoms. The lowest BCUT2D eigenvalue weighted by Gasteiger charge is -2.10. The topological polar surface area (TPSA) is 12.0 Å². The first kappa shape index (κ1) is 17.0. The first-order valence-corrected chi connectivity index (χ1v) is 8.19. The molecule has 0 amide bonds. The summed E-state index contributed by atoms with van der Waals surface area (Å²) in [4.78, 5) is 0. The molecule has 1 nitrogen and oxygen atoms in total. The predicted molar refractivity (Wildman–Crippen MR) is 93.0 cm³/mol. The van der Waals surface area contributed by atoms with Gasteiger partial charge in [-0.25, -0.2) is 4.39 Å². The van der Waals surface area contributed by atoms with Crippen molar-refractivity contribution in [3.63, 3.8) is 0 Å². The first-order chi connectivity index (χ1) is 10.6. The number of nitrogens with one attached hydrogen (secondary N) is 1. The van der Waals surface area contributed by atoms with E-state index in [0.29, 0.717) is 5.02 Å². The summed E-state index contributed by atoms with van der Waals surface area (Å²) in [6.07, 6.45) is 4.22. The number of rotatable bonds is 1. The van der Waals surface area contributed by atoms with E-state index >= 15 is 0 Å². The molecule has 3 heteroatoms. The monoisotopic (exact) mass is 319 g/mol. The van der Waals surface area contributed by atoms with Crippen LogP contribution in [0, 0.1) is 19.7 Å². The summed E-state index contributed by atoms with van der Waals surface area (Å²) >= 11 is 5.97. The van der Waals surface area contributed by atoms with Gasteiger partial charge in [0.15, 0.2) is 0 Å². The molecule has 118 valence electrons. The second-order valence-corrected chi connectivity index (χ2v) is 6.17. The van der Waals surface area contributed by atoms with Crippen LogP contribution in [-0.4, -0.2) is 13.1 Å². The molecule has 1 heterocycles. The summed E-state index contributed by atoms with van der Waals surface area (Å²) in [7, 11) is 0. The summed E-state index contributed by atoms with van der Waals surface area (Å²) in [5.41, 5.74) is 4.04. The second-order valence-electron chi connectivity index (χ2n) is 5.73. The second kappa shape index (κ2) is 8.30. The van der Waals surface area contributed by atoms with Crippen LogP contribution >= 0.6 is 11.6 Å². The molecule has 0 saturated carbocycles. The van der Waals surface area contributed by atoms with Crippen LogP contribution in [0.2, 0.25) is 5.02 Å². The number of hydrogen-bond acceptors (Lipinski definition) is 1. The van der Waals surface area contributed by atoms with E-state index in [4.69, 9.17) is 11.6 Å². The highest BCUT2D eigenvalue weighted by Crippen LogP contribution is 2.29. The van der Waals surface area contributed by atoms with Gasteiger partial charge in [0, 0.05) is 5.02 Å². The van der Waals surface area contributed by atoms with Crippen molar-refractivity contribution in [2.45, 2.75) is 33.1 Å². The molecule has 2 aromatic rings. The van der Waals surface area contributed by atoms with Gasteiger partial charge in [-0.1, -0.05) is 30.2 Å². The molecule has 1 saturated heterocycles. The van der Waals surface area contributed by atoms with Crippen LogP contribution in [-0.2, 0) is 0 Å². The van der Waals surface area contributed by atoms with Crippen molar-refractivity contribution < 1.29 is 4.39 Å². The molecule has 0 unspecified atom stereocenters. The van der Waals surface area contributed by atoms with Gasteiger partial charge in [0.1, 0.15) is 5.82 Å². The minimum atomic E-state index is -0.222. The zero-order chi connectivity index (χ0) is 15.9. The maximum atomic E-state index is 13.2. The summed E-state index contributed by atoms with van der Waals surface area (Å²) in [6.45, 7) is 6.46. The summed E-state index contributed by atoms with van der Waals surface area (Å²) < 4.78 is 13.2. The average molecular weight is 320 g/mol. The van der Waals surface area contributed by atoms with Gasteiger partial charge in [-0.05, 0) is 86.3 Å². The summed E-state index contributed by atoms with van der Waals surface area (Å²) in [6, 6.07) is 10.5. The third-order valence-electron chi connectivity index (χ3n) is 3.90. The van der Waals surface area contributed by atoms with E-state index in [0.717, 1.165) is 22.3 Å². The average Bonchev–Trinajstić information content (AvgIpc) is 2.54. The molecule has 22 heavy (non-hydrogen) atoms. The maximum absolute atomic E-state index is 13.2. The molecular formula is C19H23ClFN. The number of piperidine rings is 1. The lowest BCUT2D eigenvalue weighted by Crippen LogP contribution is -2.21. The highest BCUT2D eigenvalue weighted by Gasteiger charge is 2.07. The van der Waals surface area contributed by atoms with E-state index in [1.807, 2.05) is 32.0 Å². The zero-order valence-corrected chi connectivity index (χ0v) is 14.0. The molecule has 0 atom stereocenters. The van der Waals surface area contributed by atoms with Crippen LogP contribution in [0.25, 0.3) is 11.1 Å². The number of aryl methyl sites for hydroxylation is 2. The van der Waals surface area contributed by atoms with Crippen LogP contribution in [0.4, 0.5) is 4.39 Å². The fourth-order valence-corrected chi connectivity index (χ4v) is 2.74. The van der Waals surface area contributed by atoms with Crippen LogP contribution in [0.3, 0.4) is 0 Å². The van der Waals surface area contributed by atoms with Gasteiger partial charge in [0.05, 0.1) is 0 Å². The molecule has 1 aliphatic rings. The van der Waals surface area contributed by atoms with Crippen LogP contribution in [0.1, 0.15) is 30.4 Å². The van der Waals surface area contributed by atoms with Crippen molar-refractivity contribution in [3.05, 3.63) is 58.4 Å². The van der Waals surface area contributed by atoms with Crippen LogP contribution in [0.5, 0.6) is 0 Å². The molecule has 1 aliphatic heterocycles. The SMILES string of the molecule is C1CCNCC1.Cc1ccc(F)cc1-c1cc(Cl)ccc1C. The normalized spacial score (nSPS) is 14.2. The summed E-state index contributed by atoms with van der Waals surface area (Å²) in [5.74, 6) is -0.222. The van der Waals surface area contributed by atoms with E-state index in [9.17, 15) is 4.39 Å².